The molecule has 1 aliphatic heterocycles. The average Bonchev–Trinajstić information content (AvgIpc) is 2.89. The summed E-state index contributed by atoms with van der Waals surface area (Å²) in [5.41, 5.74) is 7.54. The highest BCUT2D eigenvalue weighted by Crippen LogP contribution is 2.50. The maximum atomic E-state index is 12.1. The fourth-order valence-corrected chi connectivity index (χ4v) is 4.46. The third-order valence-corrected chi connectivity index (χ3v) is 5.69. The van der Waals surface area contributed by atoms with Gasteiger partial charge in [0.2, 0.25) is 5.88 Å². The van der Waals surface area contributed by atoms with Gasteiger partial charge in [0.1, 0.15) is 17.2 Å². The third kappa shape index (κ3) is 2.48. The number of hydrogen-bond acceptors (Lipinski definition) is 6. The molecule has 0 fully saturated rings. The van der Waals surface area contributed by atoms with Crippen molar-refractivity contribution in [2.24, 2.45) is 5.73 Å². The van der Waals surface area contributed by atoms with E-state index in [0.29, 0.717) is 16.9 Å². The van der Waals surface area contributed by atoms with Crippen LogP contribution < -0.4 is 10.5 Å². The van der Waals surface area contributed by atoms with Crippen molar-refractivity contribution < 1.29 is 14.3 Å². The Kier molecular flexibility index (Phi) is 4.35. The van der Waals surface area contributed by atoms with E-state index in [1.54, 1.807) is 0 Å². The van der Waals surface area contributed by atoms with Crippen LogP contribution in [0.2, 0.25) is 0 Å². The second kappa shape index (κ2) is 6.30. The summed E-state index contributed by atoms with van der Waals surface area (Å²) < 4.78 is 11.3. The molecule has 3 rings (SSSR count). The molecule has 5 nitrogen and oxygen atoms in total. The number of fused-ring (bicyclic) bond motifs is 1. The number of ether oxygens (including phenoxy) is 2. The molecule has 0 saturated carbocycles. The lowest BCUT2D eigenvalue weighted by molar-refractivity contribution is 0.0597. The van der Waals surface area contributed by atoms with Gasteiger partial charge in [-0.25, -0.2) is 4.79 Å². The molecule has 0 saturated heterocycles. The number of nitrogens with zero attached hydrogens (tertiary/aromatic N) is 1. The Morgan fingerprint density at radius 1 is 1.46 bits per heavy atom. The number of thiophene rings is 1. The van der Waals surface area contributed by atoms with Crippen molar-refractivity contribution in [3.63, 3.8) is 0 Å². The largest absolute Gasteiger partial charge is 0.465 e. The Morgan fingerprint density at radius 3 is 2.79 bits per heavy atom. The monoisotopic (exact) mass is 404 g/mol. The fourth-order valence-electron chi connectivity index (χ4n) is 2.74. The van der Waals surface area contributed by atoms with Crippen LogP contribution in [0.3, 0.4) is 0 Å². The van der Waals surface area contributed by atoms with Gasteiger partial charge in [-0.15, -0.1) is 11.3 Å². The Labute approximate surface area is 151 Å². The minimum Gasteiger partial charge on any atom is -0.465 e. The molecule has 1 atom stereocenters. The minimum atomic E-state index is -0.482. The molecule has 24 heavy (non-hydrogen) atoms. The number of halogens is 1. The van der Waals surface area contributed by atoms with Crippen LogP contribution in [0.4, 0.5) is 0 Å². The number of carbonyl (C=O) groups excluding carboxylic acids is 1. The van der Waals surface area contributed by atoms with E-state index in [0.717, 1.165) is 19.8 Å². The first-order valence-corrected chi connectivity index (χ1v) is 8.64. The normalized spacial score (nSPS) is 16.2. The van der Waals surface area contributed by atoms with Crippen molar-refractivity contribution in [1.29, 1.82) is 5.26 Å². The third-order valence-electron chi connectivity index (χ3n) is 3.82. The SMILES string of the molecule is COC(=O)c1c(C)sc2c1OC(N)=C(C#N)C2c1ccccc1Br. The van der Waals surface area contributed by atoms with Crippen LogP contribution >= 0.6 is 27.3 Å². The smallest absolute Gasteiger partial charge is 0.342 e. The number of allylic oxidation sites excluding steroid dienone is 1. The molecule has 2 N–H and O–H groups in total. The molecule has 2 aromatic rings. The Bertz CT molecular complexity index is 911. The Balaban J connectivity index is 2.29. The average molecular weight is 405 g/mol. The van der Waals surface area contributed by atoms with Crippen LogP contribution in [0, 0.1) is 18.3 Å². The lowest BCUT2D eigenvalue weighted by Crippen LogP contribution is -2.21. The van der Waals surface area contributed by atoms with Crippen LogP contribution in [0.15, 0.2) is 40.2 Å². The van der Waals surface area contributed by atoms with Gasteiger partial charge in [0, 0.05) is 9.35 Å². The van der Waals surface area contributed by atoms with Gasteiger partial charge in [0.05, 0.1) is 17.9 Å². The number of hydrogen-bond donors (Lipinski definition) is 1. The molecule has 122 valence electrons. The molecule has 1 aromatic carbocycles. The Morgan fingerprint density at radius 2 is 2.17 bits per heavy atom. The molecule has 1 aromatic heterocycles. The molecule has 7 heteroatoms. The van der Waals surface area contributed by atoms with Crippen molar-refractivity contribution in [3.8, 4) is 11.8 Å². The molecular formula is C17H13BrN2O3S. The van der Waals surface area contributed by atoms with Crippen molar-refractivity contribution in [1.82, 2.24) is 0 Å². The van der Waals surface area contributed by atoms with Crippen LogP contribution in [0.25, 0.3) is 0 Å². The van der Waals surface area contributed by atoms with Crippen molar-refractivity contribution in [3.05, 3.63) is 61.1 Å². The van der Waals surface area contributed by atoms with Gasteiger partial charge in [-0.2, -0.15) is 5.26 Å². The number of aryl methyl sites for hydroxylation is 1. The highest BCUT2D eigenvalue weighted by molar-refractivity contribution is 9.10. The molecule has 0 amide bonds. The van der Waals surface area contributed by atoms with E-state index in [2.05, 4.69) is 22.0 Å². The van der Waals surface area contributed by atoms with Gasteiger partial charge in [0.25, 0.3) is 0 Å². The zero-order valence-corrected chi connectivity index (χ0v) is 15.3. The number of nitrogens with two attached hydrogens (primary N) is 1. The zero-order chi connectivity index (χ0) is 17.4. The topological polar surface area (TPSA) is 85.3 Å². The van der Waals surface area contributed by atoms with Gasteiger partial charge >= 0.3 is 5.97 Å². The van der Waals surface area contributed by atoms with Crippen molar-refractivity contribution in [2.45, 2.75) is 12.8 Å². The molecular weight excluding hydrogens is 392 g/mol. The first kappa shape index (κ1) is 16.6. The van der Waals surface area contributed by atoms with E-state index in [4.69, 9.17) is 15.2 Å². The van der Waals surface area contributed by atoms with Crippen LogP contribution in [0.1, 0.15) is 31.6 Å². The second-order valence-corrected chi connectivity index (χ2v) is 7.28. The number of methoxy groups -OCH3 is 1. The van der Waals surface area contributed by atoms with E-state index in [9.17, 15) is 10.1 Å². The molecule has 2 heterocycles. The number of nitriles is 1. The first-order chi connectivity index (χ1) is 11.5. The molecule has 0 bridgehead atoms. The zero-order valence-electron chi connectivity index (χ0n) is 12.9. The van der Waals surface area contributed by atoms with Gasteiger partial charge in [-0.1, -0.05) is 34.1 Å². The summed E-state index contributed by atoms with van der Waals surface area (Å²) in [6, 6.07) is 9.75. The second-order valence-electron chi connectivity index (χ2n) is 5.16. The van der Waals surface area contributed by atoms with Crippen molar-refractivity contribution >= 4 is 33.2 Å². The summed E-state index contributed by atoms with van der Waals surface area (Å²) in [5, 5.41) is 9.57. The number of carbonyl (C=O) groups is 1. The fraction of sp³-hybridized carbons (Fsp3) is 0.176. The molecule has 0 radical (unpaired) electrons. The summed E-state index contributed by atoms with van der Waals surface area (Å²) in [4.78, 5) is 13.6. The van der Waals surface area contributed by atoms with Gasteiger partial charge in [0.15, 0.2) is 5.75 Å². The van der Waals surface area contributed by atoms with E-state index in [1.807, 2.05) is 31.2 Å². The molecule has 1 unspecified atom stereocenters. The van der Waals surface area contributed by atoms with Crippen LogP contribution in [-0.2, 0) is 4.74 Å². The summed E-state index contributed by atoms with van der Waals surface area (Å²) >= 11 is 4.93. The summed E-state index contributed by atoms with van der Waals surface area (Å²) in [5.74, 6) is -0.490. The van der Waals surface area contributed by atoms with E-state index >= 15 is 0 Å². The Hall–Kier alpha value is -2.30. The summed E-state index contributed by atoms with van der Waals surface area (Å²) in [7, 11) is 1.32. The van der Waals surface area contributed by atoms with E-state index < -0.39 is 11.9 Å². The van der Waals surface area contributed by atoms with Crippen LogP contribution in [0.5, 0.6) is 5.75 Å². The van der Waals surface area contributed by atoms with Gasteiger partial charge < -0.3 is 15.2 Å². The lowest BCUT2D eigenvalue weighted by Gasteiger charge is -2.24. The number of esters is 1. The highest BCUT2D eigenvalue weighted by atomic mass is 79.9. The van der Waals surface area contributed by atoms with Gasteiger partial charge in [-0.3, -0.25) is 0 Å². The van der Waals surface area contributed by atoms with Gasteiger partial charge in [-0.05, 0) is 18.6 Å². The van der Waals surface area contributed by atoms with E-state index in [1.165, 1.54) is 18.4 Å². The summed E-state index contributed by atoms with van der Waals surface area (Å²) in [6.45, 7) is 1.82. The molecule has 1 aliphatic rings. The molecule has 0 aliphatic carbocycles. The van der Waals surface area contributed by atoms with Crippen molar-refractivity contribution in [2.75, 3.05) is 7.11 Å². The predicted molar refractivity (Wildman–Crippen MR) is 93.8 cm³/mol. The summed E-state index contributed by atoms with van der Waals surface area (Å²) in [6.07, 6.45) is 0. The maximum Gasteiger partial charge on any atom is 0.342 e. The molecule has 0 spiro atoms. The number of benzene rings is 1. The minimum absolute atomic E-state index is 0.00806. The van der Waals surface area contributed by atoms with Crippen LogP contribution in [-0.4, -0.2) is 13.1 Å². The standard InChI is InChI=1S/C17H13BrN2O3S/c1-8-12(17(21)22-2)14-15(24-8)13(10(7-19)16(20)23-14)9-5-3-4-6-11(9)18/h3-6,13H,20H2,1-2H3. The van der Waals surface area contributed by atoms with E-state index in [-0.39, 0.29) is 5.88 Å². The maximum absolute atomic E-state index is 12.1. The first-order valence-electron chi connectivity index (χ1n) is 7.03. The predicted octanol–water partition coefficient (Wildman–Crippen LogP) is 3.82. The highest BCUT2D eigenvalue weighted by Gasteiger charge is 2.37. The number of rotatable bonds is 2. The lowest BCUT2D eigenvalue weighted by atomic mass is 9.88. The quantitative estimate of drug-likeness (QED) is 0.768.